The van der Waals surface area contributed by atoms with E-state index >= 15 is 0 Å². The normalized spacial score (nSPS) is 12.1. The first-order valence-electron chi connectivity index (χ1n) is 18.5. The van der Waals surface area contributed by atoms with Gasteiger partial charge in [-0.1, -0.05) is 93.1 Å². The number of esters is 1. The maximum Gasteiger partial charge on any atom is 0.338 e. The van der Waals surface area contributed by atoms with E-state index in [1.807, 2.05) is 60.7 Å². The summed E-state index contributed by atoms with van der Waals surface area (Å²) in [6, 6.07) is 43.9. The van der Waals surface area contributed by atoms with Crippen LogP contribution < -0.4 is 16.2 Å². The molecule has 0 fully saturated rings. The van der Waals surface area contributed by atoms with Crippen LogP contribution in [0.5, 0.6) is 0 Å². The molecule has 1 atom stereocenters. The summed E-state index contributed by atoms with van der Waals surface area (Å²) in [5.74, 6) is -0.332. The average Bonchev–Trinajstić information content (AvgIpc) is 3.22. The van der Waals surface area contributed by atoms with Crippen molar-refractivity contribution in [3.05, 3.63) is 139 Å². The van der Waals surface area contributed by atoms with E-state index in [1.54, 1.807) is 24.3 Å². The van der Waals surface area contributed by atoms with Crippen molar-refractivity contribution < 1.29 is 9.53 Å². The standard InChI is InChI=1S/C45H43N7O2/c1-4-6-29-54-45(53)31-19-21-32(22-20-31)47-48-40-25-26-42(36-16-10-9-15-35(36)40)51-52-44-28-27-43(37-17-11-12-18-38(37)44)50-49-41-24-23-39(46-30(3)5-2)33-13-7-8-14-34(33)41/h7-28,30,46,49-50H,4-6,29H2,1-3H3/b48-47+,52-51+. The smallest absolute Gasteiger partial charge is 0.338 e. The molecule has 0 spiro atoms. The predicted octanol–water partition coefficient (Wildman–Crippen LogP) is 13.6. The lowest BCUT2D eigenvalue weighted by Gasteiger charge is -2.19. The minimum Gasteiger partial charge on any atom is -0.462 e. The molecule has 0 saturated heterocycles. The third-order valence-corrected chi connectivity index (χ3v) is 9.42. The highest BCUT2D eigenvalue weighted by Gasteiger charge is 2.11. The molecule has 7 aromatic carbocycles. The lowest BCUT2D eigenvalue weighted by atomic mass is 10.1. The van der Waals surface area contributed by atoms with Crippen LogP contribution in [0.15, 0.2) is 154 Å². The summed E-state index contributed by atoms with van der Waals surface area (Å²) in [6.07, 6.45) is 2.86. The molecule has 0 heterocycles. The molecular weight excluding hydrogens is 671 g/mol. The molecule has 7 aromatic rings. The molecule has 0 radical (unpaired) electrons. The Morgan fingerprint density at radius 3 is 1.56 bits per heavy atom. The number of rotatable bonds is 14. The van der Waals surface area contributed by atoms with Gasteiger partial charge in [0.05, 0.1) is 46.3 Å². The highest BCUT2D eigenvalue weighted by molar-refractivity contribution is 6.04. The third kappa shape index (κ3) is 8.05. The van der Waals surface area contributed by atoms with Crippen LogP contribution in [0, 0.1) is 0 Å². The quantitative estimate of drug-likeness (QED) is 0.0449. The van der Waals surface area contributed by atoms with Crippen molar-refractivity contribution in [2.45, 2.75) is 46.1 Å². The number of hydrazine groups is 1. The minimum atomic E-state index is -0.332. The van der Waals surface area contributed by atoms with E-state index < -0.39 is 0 Å². The number of unbranched alkanes of at least 4 members (excludes halogenated alkanes) is 1. The van der Waals surface area contributed by atoms with Gasteiger partial charge in [-0.25, -0.2) is 4.79 Å². The van der Waals surface area contributed by atoms with Gasteiger partial charge in [-0.2, -0.15) is 5.11 Å². The molecule has 7 rings (SSSR count). The summed E-state index contributed by atoms with van der Waals surface area (Å²) in [6.45, 7) is 6.86. The van der Waals surface area contributed by atoms with Crippen molar-refractivity contribution in [1.82, 2.24) is 0 Å². The first-order valence-corrected chi connectivity index (χ1v) is 18.5. The predicted molar refractivity (Wildman–Crippen MR) is 222 cm³/mol. The lowest BCUT2D eigenvalue weighted by molar-refractivity contribution is 0.0499. The van der Waals surface area contributed by atoms with Gasteiger partial charge in [0.2, 0.25) is 0 Å². The number of ether oxygens (including phenoxy) is 1. The van der Waals surface area contributed by atoms with Crippen LogP contribution in [0.3, 0.4) is 0 Å². The highest BCUT2D eigenvalue weighted by Crippen LogP contribution is 2.38. The molecular formula is C45H43N7O2. The van der Waals surface area contributed by atoms with Gasteiger partial charge in [0.15, 0.2) is 0 Å². The van der Waals surface area contributed by atoms with Gasteiger partial charge in [0.1, 0.15) is 0 Å². The number of benzene rings is 7. The Balaban J connectivity index is 1.10. The number of carbonyl (C=O) groups excluding carboxylic acids is 1. The lowest BCUT2D eigenvalue weighted by Crippen LogP contribution is -2.14. The summed E-state index contributed by atoms with van der Waals surface area (Å²) >= 11 is 0. The molecule has 0 aliphatic heterocycles. The van der Waals surface area contributed by atoms with E-state index in [-0.39, 0.29) is 5.97 Å². The number of carbonyl (C=O) groups is 1. The fraction of sp³-hybridized carbons (Fsp3) is 0.178. The Morgan fingerprint density at radius 1 is 0.556 bits per heavy atom. The zero-order valence-corrected chi connectivity index (χ0v) is 30.7. The van der Waals surface area contributed by atoms with Gasteiger partial charge < -0.3 is 20.9 Å². The molecule has 0 aromatic heterocycles. The second kappa shape index (κ2) is 16.8. The van der Waals surface area contributed by atoms with Crippen molar-refractivity contribution in [1.29, 1.82) is 0 Å². The number of hydrogen-bond donors (Lipinski definition) is 3. The number of fused-ring (bicyclic) bond motifs is 3. The molecule has 3 N–H and O–H groups in total. The monoisotopic (exact) mass is 713 g/mol. The fourth-order valence-electron chi connectivity index (χ4n) is 6.23. The van der Waals surface area contributed by atoms with E-state index in [9.17, 15) is 4.79 Å². The van der Waals surface area contributed by atoms with E-state index in [0.717, 1.165) is 74.6 Å². The van der Waals surface area contributed by atoms with Gasteiger partial charge in [0.25, 0.3) is 0 Å². The van der Waals surface area contributed by atoms with Crippen molar-refractivity contribution in [2.75, 3.05) is 22.8 Å². The molecule has 0 amide bonds. The van der Waals surface area contributed by atoms with Crippen LogP contribution in [0.25, 0.3) is 32.3 Å². The SMILES string of the molecule is CCCCOC(=O)c1ccc(/N=N/c2ccc(/N=N/c3ccc(NNc4ccc(NC(C)CC)c5ccccc45)c4ccccc34)c3ccccc23)cc1. The van der Waals surface area contributed by atoms with Crippen LogP contribution in [0.2, 0.25) is 0 Å². The van der Waals surface area contributed by atoms with Gasteiger partial charge in [-0.15, -0.1) is 15.3 Å². The molecule has 0 aliphatic rings. The first kappa shape index (κ1) is 35.8. The van der Waals surface area contributed by atoms with Gasteiger partial charge in [0, 0.05) is 44.0 Å². The zero-order valence-electron chi connectivity index (χ0n) is 30.7. The Morgan fingerprint density at radius 2 is 1.00 bits per heavy atom. The van der Waals surface area contributed by atoms with E-state index in [2.05, 4.69) is 95.7 Å². The minimum absolute atomic E-state index is 0.332. The summed E-state index contributed by atoms with van der Waals surface area (Å²) in [7, 11) is 0. The third-order valence-electron chi connectivity index (χ3n) is 9.42. The van der Waals surface area contributed by atoms with Gasteiger partial charge >= 0.3 is 5.97 Å². The summed E-state index contributed by atoms with van der Waals surface area (Å²) in [5.41, 5.74) is 13.3. The second-order valence-corrected chi connectivity index (χ2v) is 13.2. The molecule has 0 saturated carbocycles. The summed E-state index contributed by atoms with van der Waals surface area (Å²) in [4.78, 5) is 12.3. The molecule has 270 valence electrons. The van der Waals surface area contributed by atoms with Crippen LogP contribution in [-0.4, -0.2) is 18.6 Å². The number of hydrogen-bond acceptors (Lipinski definition) is 9. The molecule has 0 bridgehead atoms. The molecule has 9 heteroatoms. The number of azo groups is 2. The Labute approximate surface area is 315 Å². The summed E-state index contributed by atoms with van der Waals surface area (Å²) in [5, 5.41) is 28.2. The van der Waals surface area contributed by atoms with Crippen molar-refractivity contribution >= 4 is 78.1 Å². The van der Waals surface area contributed by atoms with Gasteiger partial charge in [-0.05, 0) is 80.4 Å². The highest BCUT2D eigenvalue weighted by atomic mass is 16.5. The Bertz CT molecular complexity index is 2480. The summed E-state index contributed by atoms with van der Waals surface area (Å²) < 4.78 is 5.31. The van der Waals surface area contributed by atoms with Crippen LogP contribution in [0.4, 0.5) is 39.8 Å². The van der Waals surface area contributed by atoms with Crippen LogP contribution in [0.1, 0.15) is 50.4 Å². The van der Waals surface area contributed by atoms with Gasteiger partial charge in [-0.3, -0.25) is 0 Å². The zero-order chi connectivity index (χ0) is 37.3. The molecule has 0 aliphatic carbocycles. The fourth-order valence-corrected chi connectivity index (χ4v) is 6.23. The van der Waals surface area contributed by atoms with Crippen molar-refractivity contribution in [3.8, 4) is 0 Å². The second-order valence-electron chi connectivity index (χ2n) is 13.2. The van der Waals surface area contributed by atoms with E-state index in [0.29, 0.717) is 29.6 Å². The number of nitrogens with one attached hydrogen (secondary N) is 3. The van der Waals surface area contributed by atoms with E-state index in [1.165, 1.54) is 5.39 Å². The van der Waals surface area contributed by atoms with Crippen molar-refractivity contribution in [3.63, 3.8) is 0 Å². The number of anilines is 3. The number of nitrogens with zero attached hydrogens (tertiary/aromatic N) is 4. The van der Waals surface area contributed by atoms with E-state index in [4.69, 9.17) is 15.0 Å². The Hall–Kier alpha value is -6.61. The topological polar surface area (TPSA) is 112 Å². The molecule has 9 nitrogen and oxygen atoms in total. The average molecular weight is 714 g/mol. The van der Waals surface area contributed by atoms with Crippen molar-refractivity contribution in [2.24, 2.45) is 20.5 Å². The largest absolute Gasteiger partial charge is 0.462 e. The maximum atomic E-state index is 12.3. The Kier molecular flexibility index (Phi) is 11.1. The molecule has 54 heavy (non-hydrogen) atoms. The van der Waals surface area contributed by atoms with Crippen LogP contribution in [-0.2, 0) is 4.74 Å². The first-order chi connectivity index (χ1) is 26.5. The molecule has 1 unspecified atom stereocenters. The van der Waals surface area contributed by atoms with Crippen LogP contribution >= 0.6 is 0 Å². The maximum absolute atomic E-state index is 12.3.